The molecule has 1 amide bonds. The van der Waals surface area contributed by atoms with Crippen molar-refractivity contribution in [3.8, 4) is 11.3 Å². The molecule has 0 bridgehead atoms. The van der Waals surface area contributed by atoms with E-state index in [1.165, 1.54) is 19.2 Å². The van der Waals surface area contributed by atoms with Crippen molar-refractivity contribution in [1.82, 2.24) is 10.1 Å². The molecule has 0 radical (unpaired) electrons. The Balaban J connectivity index is 2.48. The van der Waals surface area contributed by atoms with Crippen LogP contribution in [0.2, 0.25) is 0 Å². The fourth-order valence-electron chi connectivity index (χ4n) is 3.14. The molecular weight excluding hydrogens is 361 g/mol. The summed E-state index contributed by atoms with van der Waals surface area (Å²) in [5.74, 6) is 0.539. The summed E-state index contributed by atoms with van der Waals surface area (Å²) in [5, 5.41) is 4.26. The average molecular weight is 391 g/mol. The van der Waals surface area contributed by atoms with E-state index in [4.69, 9.17) is 9.26 Å². The average Bonchev–Trinajstić information content (AvgIpc) is 3.06. The Labute approximate surface area is 166 Å². The number of amides is 1. The Kier molecular flexibility index (Phi) is 7.99. The zero-order valence-corrected chi connectivity index (χ0v) is 17.4. The first-order valence-electron chi connectivity index (χ1n) is 9.67. The van der Waals surface area contributed by atoms with E-state index >= 15 is 0 Å². The zero-order valence-electron chi connectivity index (χ0n) is 17.4. The number of halogens is 1. The van der Waals surface area contributed by atoms with Crippen LogP contribution < -0.4 is 4.90 Å². The zero-order chi connectivity index (χ0) is 20.7. The number of hydrogen-bond donors (Lipinski definition) is 0. The first kappa shape index (κ1) is 21.9. The molecule has 7 heteroatoms. The minimum Gasteiger partial charge on any atom is -0.375 e. The van der Waals surface area contributed by atoms with Crippen LogP contribution in [0.4, 0.5) is 10.3 Å². The summed E-state index contributed by atoms with van der Waals surface area (Å²) in [6, 6.07) is 6.14. The van der Waals surface area contributed by atoms with E-state index in [-0.39, 0.29) is 18.3 Å². The van der Waals surface area contributed by atoms with Crippen molar-refractivity contribution in [3.63, 3.8) is 0 Å². The minimum atomic E-state index is -0.311. The second-order valence-corrected chi connectivity index (χ2v) is 7.10. The number of ether oxygens (including phenoxy) is 1. The van der Waals surface area contributed by atoms with E-state index < -0.39 is 0 Å². The third kappa shape index (κ3) is 5.32. The van der Waals surface area contributed by atoms with E-state index in [0.29, 0.717) is 30.6 Å². The fourth-order valence-corrected chi connectivity index (χ4v) is 3.14. The summed E-state index contributed by atoms with van der Waals surface area (Å²) in [6.07, 6.45) is 0. The Morgan fingerprint density at radius 1 is 1.21 bits per heavy atom. The number of benzene rings is 1. The predicted molar refractivity (Wildman–Crippen MR) is 108 cm³/mol. The van der Waals surface area contributed by atoms with Crippen LogP contribution in [0.5, 0.6) is 0 Å². The molecule has 0 saturated carbocycles. The highest BCUT2D eigenvalue weighted by Gasteiger charge is 2.25. The third-order valence-electron chi connectivity index (χ3n) is 4.49. The van der Waals surface area contributed by atoms with Crippen molar-refractivity contribution in [2.24, 2.45) is 5.92 Å². The summed E-state index contributed by atoms with van der Waals surface area (Å²) < 4.78 is 24.1. The van der Waals surface area contributed by atoms with Crippen molar-refractivity contribution < 1.29 is 18.4 Å². The molecule has 0 unspecified atom stereocenters. The highest BCUT2D eigenvalue weighted by atomic mass is 19.1. The van der Waals surface area contributed by atoms with Crippen molar-refractivity contribution in [2.75, 3.05) is 38.3 Å². The van der Waals surface area contributed by atoms with Crippen molar-refractivity contribution in [1.29, 1.82) is 0 Å². The number of methoxy groups -OCH3 is 1. The number of hydrogen-bond acceptors (Lipinski definition) is 5. The maximum Gasteiger partial charge on any atom is 0.248 e. The van der Waals surface area contributed by atoms with Crippen LogP contribution >= 0.6 is 0 Å². The molecule has 0 saturated heterocycles. The molecular formula is C21H30FN3O3. The second kappa shape index (κ2) is 10.2. The van der Waals surface area contributed by atoms with Gasteiger partial charge in [-0.1, -0.05) is 19.0 Å². The lowest BCUT2D eigenvalue weighted by molar-refractivity contribution is -0.136. The molecule has 28 heavy (non-hydrogen) atoms. The molecule has 0 aliphatic rings. The van der Waals surface area contributed by atoms with E-state index in [1.807, 2.05) is 13.8 Å². The standard InChI is InChI=1S/C21H30FN3O3/c1-6-24(7-2)21-18(13-25(12-15(3)4)19(26)14-27-5)20(23-28-21)16-8-10-17(22)11-9-16/h8-11,15H,6-7,12-14H2,1-5H3. The topological polar surface area (TPSA) is 58.8 Å². The van der Waals surface area contributed by atoms with Gasteiger partial charge in [0.05, 0.1) is 12.1 Å². The smallest absolute Gasteiger partial charge is 0.248 e. The first-order chi connectivity index (χ1) is 13.4. The minimum absolute atomic E-state index is 0.0183. The van der Waals surface area contributed by atoms with Crippen LogP contribution in [0.1, 0.15) is 33.3 Å². The Morgan fingerprint density at radius 3 is 2.39 bits per heavy atom. The van der Waals surface area contributed by atoms with Crippen LogP contribution in [0.25, 0.3) is 11.3 Å². The van der Waals surface area contributed by atoms with Crippen LogP contribution in [-0.4, -0.2) is 49.3 Å². The number of anilines is 1. The fraction of sp³-hybridized carbons (Fsp3) is 0.524. The Hall–Kier alpha value is -2.41. The number of aromatic nitrogens is 1. The number of carbonyl (C=O) groups is 1. The van der Waals surface area contributed by atoms with Crippen molar-refractivity contribution in [3.05, 3.63) is 35.6 Å². The van der Waals surface area contributed by atoms with Gasteiger partial charge >= 0.3 is 0 Å². The van der Waals surface area contributed by atoms with Gasteiger partial charge < -0.3 is 19.1 Å². The summed E-state index contributed by atoms with van der Waals surface area (Å²) in [6.45, 7) is 10.7. The second-order valence-electron chi connectivity index (χ2n) is 7.10. The summed E-state index contributed by atoms with van der Waals surface area (Å²) in [7, 11) is 1.51. The monoisotopic (exact) mass is 391 g/mol. The maximum atomic E-state index is 13.4. The highest BCUT2D eigenvalue weighted by Crippen LogP contribution is 2.32. The van der Waals surface area contributed by atoms with Gasteiger partial charge in [0.2, 0.25) is 11.8 Å². The third-order valence-corrected chi connectivity index (χ3v) is 4.49. The lowest BCUT2D eigenvalue weighted by Gasteiger charge is -2.26. The summed E-state index contributed by atoms with van der Waals surface area (Å²) in [5.41, 5.74) is 2.20. The van der Waals surface area contributed by atoms with Gasteiger partial charge in [-0.15, -0.1) is 0 Å². The highest BCUT2D eigenvalue weighted by molar-refractivity contribution is 5.78. The molecule has 0 N–H and O–H groups in total. The van der Waals surface area contributed by atoms with Gasteiger partial charge in [0.25, 0.3) is 0 Å². The number of rotatable bonds is 10. The van der Waals surface area contributed by atoms with Gasteiger partial charge in [0, 0.05) is 32.3 Å². The molecule has 0 aliphatic heterocycles. The predicted octanol–water partition coefficient (Wildman–Crippen LogP) is 3.96. The molecule has 0 spiro atoms. The molecule has 1 aromatic heterocycles. The van der Waals surface area contributed by atoms with Crippen LogP contribution in [0, 0.1) is 11.7 Å². The first-order valence-corrected chi connectivity index (χ1v) is 9.67. The molecule has 1 aromatic carbocycles. The number of carbonyl (C=O) groups excluding carboxylic acids is 1. The molecule has 0 atom stereocenters. The Bertz CT molecular complexity index is 755. The van der Waals surface area contributed by atoms with Gasteiger partial charge in [-0.05, 0) is 44.0 Å². The molecule has 2 rings (SSSR count). The normalized spacial score (nSPS) is 11.1. The van der Waals surface area contributed by atoms with Gasteiger partial charge in [-0.2, -0.15) is 0 Å². The van der Waals surface area contributed by atoms with Gasteiger partial charge in [0.15, 0.2) is 0 Å². The molecule has 0 aliphatic carbocycles. The van der Waals surface area contributed by atoms with Crippen LogP contribution in [0.3, 0.4) is 0 Å². The van der Waals surface area contributed by atoms with Crippen LogP contribution in [0.15, 0.2) is 28.8 Å². The number of nitrogens with zero attached hydrogens (tertiary/aromatic N) is 3. The summed E-state index contributed by atoms with van der Waals surface area (Å²) >= 11 is 0. The molecule has 2 aromatic rings. The van der Waals surface area contributed by atoms with E-state index in [1.54, 1.807) is 17.0 Å². The van der Waals surface area contributed by atoms with E-state index in [2.05, 4.69) is 23.9 Å². The van der Waals surface area contributed by atoms with Gasteiger partial charge in [-0.3, -0.25) is 4.79 Å². The van der Waals surface area contributed by atoms with Crippen molar-refractivity contribution >= 4 is 11.8 Å². The molecule has 0 fully saturated rings. The lowest BCUT2D eigenvalue weighted by atomic mass is 10.1. The largest absolute Gasteiger partial charge is 0.375 e. The maximum absolute atomic E-state index is 13.4. The summed E-state index contributed by atoms with van der Waals surface area (Å²) in [4.78, 5) is 16.4. The van der Waals surface area contributed by atoms with Crippen LogP contribution in [-0.2, 0) is 16.1 Å². The Morgan fingerprint density at radius 2 is 1.86 bits per heavy atom. The molecule has 6 nitrogen and oxygen atoms in total. The van der Waals surface area contributed by atoms with Gasteiger partial charge in [0.1, 0.15) is 18.1 Å². The van der Waals surface area contributed by atoms with Gasteiger partial charge in [-0.25, -0.2) is 4.39 Å². The molecule has 1 heterocycles. The lowest BCUT2D eigenvalue weighted by Crippen LogP contribution is -2.36. The SMILES string of the molecule is CCN(CC)c1onc(-c2ccc(F)cc2)c1CN(CC(C)C)C(=O)COC. The molecule has 154 valence electrons. The quantitative estimate of drug-likeness (QED) is 0.614. The van der Waals surface area contributed by atoms with E-state index in [0.717, 1.165) is 24.2 Å². The van der Waals surface area contributed by atoms with Crippen molar-refractivity contribution in [2.45, 2.75) is 34.2 Å². The van der Waals surface area contributed by atoms with E-state index in [9.17, 15) is 9.18 Å².